The number of carbonyl (C=O) groups excluding carboxylic acids is 1. The molecule has 1 aliphatic carbocycles. The zero-order chi connectivity index (χ0) is 18.1. The van der Waals surface area contributed by atoms with Crippen molar-refractivity contribution in [3.05, 3.63) is 35.7 Å². The Morgan fingerprint density at radius 3 is 2.96 bits per heavy atom. The Kier molecular flexibility index (Phi) is 4.58. The largest absolute Gasteiger partial charge is 0.495 e. The van der Waals surface area contributed by atoms with Crippen molar-refractivity contribution in [3.8, 4) is 5.75 Å². The van der Waals surface area contributed by atoms with Gasteiger partial charge in [0.2, 0.25) is 5.82 Å². The lowest BCUT2D eigenvalue weighted by Gasteiger charge is -2.38. The van der Waals surface area contributed by atoms with Crippen LogP contribution >= 0.6 is 0 Å². The van der Waals surface area contributed by atoms with Gasteiger partial charge in [-0.3, -0.25) is 9.78 Å². The van der Waals surface area contributed by atoms with Crippen LogP contribution in [0.4, 0.5) is 0 Å². The molecule has 1 atom stereocenters. The number of hydrogen-bond donors (Lipinski definition) is 2. The van der Waals surface area contributed by atoms with Crippen LogP contribution in [0.5, 0.6) is 5.75 Å². The molecule has 2 aromatic rings. The Labute approximate surface area is 151 Å². The van der Waals surface area contributed by atoms with Crippen LogP contribution in [-0.4, -0.2) is 44.0 Å². The Hall–Kier alpha value is -2.48. The number of nitrogens with zero attached hydrogens (tertiary/aromatic N) is 4. The van der Waals surface area contributed by atoms with Gasteiger partial charge in [-0.2, -0.15) is 0 Å². The van der Waals surface area contributed by atoms with Crippen LogP contribution in [0.15, 0.2) is 18.5 Å². The van der Waals surface area contributed by atoms with Crippen molar-refractivity contribution >= 4 is 5.91 Å². The van der Waals surface area contributed by atoms with Crippen LogP contribution in [-0.2, 0) is 13.0 Å². The second kappa shape index (κ2) is 7.03. The third kappa shape index (κ3) is 3.16. The molecule has 2 aliphatic rings. The van der Waals surface area contributed by atoms with Gasteiger partial charge in [-0.15, -0.1) is 10.2 Å². The summed E-state index contributed by atoms with van der Waals surface area (Å²) in [5.74, 6) is 1.80. The zero-order valence-electron chi connectivity index (χ0n) is 14.8. The molecule has 8 heteroatoms. The first-order valence-corrected chi connectivity index (χ1v) is 9.05. The van der Waals surface area contributed by atoms with E-state index in [0.717, 1.165) is 37.2 Å². The fourth-order valence-electron chi connectivity index (χ4n) is 3.77. The summed E-state index contributed by atoms with van der Waals surface area (Å²) in [6.07, 6.45) is 7.34. The molecule has 8 nitrogen and oxygen atoms in total. The highest BCUT2D eigenvalue weighted by Gasteiger charge is 2.37. The second-order valence-electron chi connectivity index (χ2n) is 7.04. The number of pyridine rings is 1. The van der Waals surface area contributed by atoms with Gasteiger partial charge in [-0.05, 0) is 43.2 Å². The lowest BCUT2D eigenvalue weighted by Crippen LogP contribution is -2.42. The molecule has 2 N–H and O–H groups in total. The first-order valence-electron chi connectivity index (χ1n) is 9.05. The summed E-state index contributed by atoms with van der Waals surface area (Å²) in [7, 11) is 1.59. The van der Waals surface area contributed by atoms with Crippen molar-refractivity contribution < 1.29 is 14.6 Å². The fourth-order valence-corrected chi connectivity index (χ4v) is 3.77. The van der Waals surface area contributed by atoms with Gasteiger partial charge in [0.1, 0.15) is 11.6 Å². The lowest BCUT2D eigenvalue weighted by molar-refractivity contribution is 0.0232. The monoisotopic (exact) mass is 357 g/mol. The van der Waals surface area contributed by atoms with E-state index in [0.29, 0.717) is 24.4 Å². The van der Waals surface area contributed by atoms with Gasteiger partial charge in [0.15, 0.2) is 0 Å². The standard InChI is InChI=1S/C18H23N5O3/c1-26-14-8-12(9-19-10-14)16(11-6-13(24)7-11)20-18(25)17-22-21-15-4-2-3-5-23(15)17/h8-11,13,16,24H,2-7H2,1H3,(H,20,25). The van der Waals surface area contributed by atoms with Crippen molar-refractivity contribution in [2.75, 3.05) is 7.11 Å². The first kappa shape index (κ1) is 17.0. The molecule has 1 saturated carbocycles. The molecule has 0 radical (unpaired) electrons. The number of ether oxygens (including phenoxy) is 1. The molecular formula is C18H23N5O3. The van der Waals surface area contributed by atoms with E-state index in [1.54, 1.807) is 19.5 Å². The Morgan fingerprint density at radius 1 is 1.35 bits per heavy atom. The molecule has 0 bridgehead atoms. The van der Waals surface area contributed by atoms with Crippen LogP contribution in [0, 0.1) is 5.92 Å². The highest BCUT2D eigenvalue weighted by Crippen LogP contribution is 2.38. The fraction of sp³-hybridized carbons (Fsp3) is 0.556. The van der Waals surface area contributed by atoms with Crippen LogP contribution in [0.1, 0.15) is 53.7 Å². The first-order chi connectivity index (χ1) is 12.7. The number of aryl methyl sites for hydroxylation is 1. The van der Waals surface area contributed by atoms with Gasteiger partial charge < -0.3 is 19.7 Å². The number of nitrogens with one attached hydrogen (secondary N) is 1. The third-order valence-electron chi connectivity index (χ3n) is 5.30. The summed E-state index contributed by atoms with van der Waals surface area (Å²) in [6.45, 7) is 0.776. The predicted octanol–water partition coefficient (Wildman–Crippen LogP) is 1.26. The van der Waals surface area contributed by atoms with E-state index < -0.39 is 0 Å². The average Bonchev–Trinajstić information content (AvgIpc) is 3.08. The van der Waals surface area contributed by atoms with Gasteiger partial charge in [-0.25, -0.2) is 0 Å². The van der Waals surface area contributed by atoms with Crippen molar-refractivity contribution in [1.82, 2.24) is 25.1 Å². The number of hydrogen-bond acceptors (Lipinski definition) is 6. The summed E-state index contributed by atoms with van der Waals surface area (Å²) in [4.78, 5) is 17.1. The molecule has 1 unspecified atom stereocenters. The molecule has 4 rings (SSSR count). The highest BCUT2D eigenvalue weighted by atomic mass is 16.5. The molecule has 3 heterocycles. The summed E-state index contributed by atoms with van der Waals surface area (Å²) in [5.41, 5.74) is 0.869. The molecule has 138 valence electrons. The molecule has 1 fully saturated rings. The van der Waals surface area contributed by atoms with Gasteiger partial charge in [0.25, 0.3) is 5.91 Å². The number of aliphatic hydroxyl groups excluding tert-OH is 1. The molecule has 26 heavy (non-hydrogen) atoms. The number of carbonyl (C=O) groups is 1. The molecule has 1 amide bonds. The maximum atomic E-state index is 12.9. The maximum Gasteiger partial charge on any atom is 0.289 e. The molecule has 2 aromatic heterocycles. The summed E-state index contributed by atoms with van der Waals surface area (Å²) in [6, 6.07) is 1.63. The number of amides is 1. The lowest BCUT2D eigenvalue weighted by atomic mass is 9.75. The number of rotatable bonds is 5. The van der Waals surface area contributed by atoms with Crippen LogP contribution in [0.2, 0.25) is 0 Å². The Bertz CT molecular complexity index is 800. The average molecular weight is 357 g/mol. The number of aliphatic hydroxyl groups is 1. The van der Waals surface area contributed by atoms with Crippen molar-refractivity contribution in [2.24, 2.45) is 5.92 Å². The van der Waals surface area contributed by atoms with Crippen molar-refractivity contribution in [1.29, 1.82) is 0 Å². The zero-order valence-corrected chi connectivity index (χ0v) is 14.8. The molecule has 0 spiro atoms. The van der Waals surface area contributed by atoms with Gasteiger partial charge >= 0.3 is 0 Å². The number of methoxy groups -OCH3 is 1. The van der Waals surface area contributed by atoms with E-state index >= 15 is 0 Å². The van der Waals surface area contributed by atoms with Crippen molar-refractivity contribution in [2.45, 2.75) is 50.8 Å². The third-order valence-corrected chi connectivity index (χ3v) is 5.30. The molecule has 0 saturated heterocycles. The molecule has 0 aromatic carbocycles. The highest BCUT2D eigenvalue weighted by molar-refractivity contribution is 5.91. The normalized spacial score (nSPS) is 22.8. The SMILES string of the molecule is COc1cncc(C(NC(=O)c2nnc3n2CCCC3)C2CC(O)C2)c1. The van der Waals surface area contributed by atoms with Crippen LogP contribution in [0.3, 0.4) is 0 Å². The summed E-state index contributed by atoms with van der Waals surface area (Å²) >= 11 is 0. The smallest absolute Gasteiger partial charge is 0.289 e. The van der Waals surface area contributed by atoms with E-state index in [4.69, 9.17) is 4.74 Å². The topological polar surface area (TPSA) is 102 Å². The van der Waals surface area contributed by atoms with Crippen LogP contribution < -0.4 is 10.1 Å². The van der Waals surface area contributed by atoms with E-state index in [1.165, 1.54) is 0 Å². The van der Waals surface area contributed by atoms with Crippen LogP contribution in [0.25, 0.3) is 0 Å². The maximum absolute atomic E-state index is 12.9. The van der Waals surface area contributed by atoms with Gasteiger partial charge in [0, 0.05) is 19.2 Å². The number of fused-ring (bicyclic) bond motifs is 1. The number of aromatic nitrogens is 4. The Morgan fingerprint density at radius 2 is 2.19 bits per heavy atom. The van der Waals surface area contributed by atoms with Gasteiger partial charge in [-0.1, -0.05) is 0 Å². The second-order valence-corrected chi connectivity index (χ2v) is 7.04. The Balaban J connectivity index is 1.58. The minimum atomic E-state index is -0.307. The quantitative estimate of drug-likeness (QED) is 0.835. The minimum Gasteiger partial charge on any atom is -0.495 e. The van der Waals surface area contributed by atoms with E-state index in [1.807, 2.05) is 10.6 Å². The van der Waals surface area contributed by atoms with E-state index in [-0.39, 0.29) is 24.0 Å². The van der Waals surface area contributed by atoms with Gasteiger partial charge in [0.05, 0.1) is 25.5 Å². The summed E-state index contributed by atoms with van der Waals surface area (Å²) < 4.78 is 7.17. The molecule has 1 aliphatic heterocycles. The predicted molar refractivity (Wildman–Crippen MR) is 92.7 cm³/mol. The minimum absolute atomic E-state index is 0.159. The molecular weight excluding hydrogens is 334 g/mol. The van der Waals surface area contributed by atoms with Crippen molar-refractivity contribution in [3.63, 3.8) is 0 Å². The van der Waals surface area contributed by atoms with E-state index in [2.05, 4.69) is 20.5 Å². The summed E-state index contributed by atoms with van der Waals surface area (Å²) in [5, 5.41) is 21.1. The van der Waals surface area contributed by atoms with E-state index in [9.17, 15) is 9.90 Å².